The van der Waals surface area contributed by atoms with Crippen LogP contribution >= 0.6 is 0 Å². The maximum absolute atomic E-state index is 13.5. The molecule has 1 aliphatic heterocycles. The lowest BCUT2D eigenvalue weighted by molar-refractivity contribution is 0.0602. The SMILES string of the molecule is CC[C@H]1CCCCN1C(=O)c1nn(-c2ccc(OC)cc2)c(=O)c2ccccc12. The second-order valence-electron chi connectivity index (χ2n) is 7.37. The molecule has 2 heterocycles. The fourth-order valence-electron chi connectivity index (χ4n) is 4.07. The Labute approximate surface area is 169 Å². The number of ether oxygens (including phenoxy) is 1. The van der Waals surface area contributed by atoms with Crippen LogP contribution < -0.4 is 10.3 Å². The number of carbonyl (C=O) groups is 1. The number of aromatic nitrogens is 2. The summed E-state index contributed by atoms with van der Waals surface area (Å²) in [6, 6.07) is 14.5. The number of benzene rings is 2. The summed E-state index contributed by atoms with van der Waals surface area (Å²) in [5.41, 5.74) is 0.686. The summed E-state index contributed by atoms with van der Waals surface area (Å²) in [6.45, 7) is 2.84. The van der Waals surface area contributed by atoms with Gasteiger partial charge in [-0.3, -0.25) is 9.59 Å². The summed E-state index contributed by atoms with van der Waals surface area (Å²) < 4.78 is 6.52. The summed E-state index contributed by atoms with van der Waals surface area (Å²) >= 11 is 0. The van der Waals surface area contributed by atoms with Gasteiger partial charge < -0.3 is 9.64 Å². The first-order valence-electron chi connectivity index (χ1n) is 10.1. The summed E-state index contributed by atoms with van der Waals surface area (Å²) in [4.78, 5) is 28.5. The van der Waals surface area contributed by atoms with Crippen LogP contribution in [0.3, 0.4) is 0 Å². The van der Waals surface area contributed by atoms with Gasteiger partial charge in [0.2, 0.25) is 0 Å². The van der Waals surface area contributed by atoms with Crippen LogP contribution in [0.2, 0.25) is 0 Å². The molecule has 1 aromatic heterocycles. The Balaban J connectivity index is 1.87. The number of carbonyl (C=O) groups excluding carboxylic acids is 1. The monoisotopic (exact) mass is 391 g/mol. The maximum atomic E-state index is 13.5. The summed E-state index contributed by atoms with van der Waals surface area (Å²) in [5.74, 6) is 0.591. The van der Waals surface area contributed by atoms with Gasteiger partial charge in [-0.25, -0.2) is 0 Å². The van der Waals surface area contributed by atoms with E-state index in [1.54, 1.807) is 43.5 Å². The van der Waals surface area contributed by atoms with E-state index in [-0.39, 0.29) is 17.5 Å². The van der Waals surface area contributed by atoms with Gasteiger partial charge in [-0.05, 0) is 56.0 Å². The zero-order valence-electron chi connectivity index (χ0n) is 16.8. The molecular weight excluding hydrogens is 366 g/mol. The molecule has 0 saturated carbocycles. The molecule has 6 heteroatoms. The zero-order valence-corrected chi connectivity index (χ0v) is 16.8. The number of hydrogen-bond donors (Lipinski definition) is 0. The van der Waals surface area contributed by atoms with E-state index < -0.39 is 0 Å². The molecule has 0 N–H and O–H groups in total. The first-order chi connectivity index (χ1) is 14.1. The van der Waals surface area contributed by atoms with E-state index in [2.05, 4.69) is 12.0 Å². The van der Waals surface area contributed by atoms with Crippen LogP contribution in [-0.2, 0) is 0 Å². The summed E-state index contributed by atoms with van der Waals surface area (Å²) in [6.07, 6.45) is 4.07. The van der Waals surface area contributed by atoms with E-state index >= 15 is 0 Å². The summed E-state index contributed by atoms with van der Waals surface area (Å²) in [5, 5.41) is 5.64. The van der Waals surface area contributed by atoms with Crippen molar-refractivity contribution in [3.05, 3.63) is 64.6 Å². The highest BCUT2D eigenvalue weighted by molar-refractivity contribution is 6.05. The molecule has 0 spiro atoms. The zero-order chi connectivity index (χ0) is 20.4. The third kappa shape index (κ3) is 3.50. The number of piperidine rings is 1. The van der Waals surface area contributed by atoms with Crippen molar-refractivity contribution in [3.8, 4) is 11.4 Å². The molecular formula is C23H25N3O3. The van der Waals surface area contributed by atoms with Gasteiger partial charge in [0.15, 0.2) is 5.69 Å². The quantitative estimate of drug-likeness (QED) is 0.679. The van der Waals surface area contributed by atoms with Crippen LogP contribution in [-0.4, -0.2) is 40.3 Å². The molecule has 1 amide bonds. The highest BCUT2D eigenvalue weighted by Crippen LogP contribution is 2.24. The van der Waals surface area contributed by atoms with E-state index in [9.17, 15) is 9.59 Å². The molecule has 2 aromatic carbocycles. The predicted octanol–water partition coefficient (Wildman–Crippen LogP) is 3.80. The van der Waals surface area contributed by atoms with Crippen LogP contribution in [0.4, 0.5) is 0 Å². The Morgan fingerprint density at radius 1 is 1.10 bits per heavy atom. The van der Waals surface area contributed by atoms with Crippen molar-refractivity contribution in [1.29, 1.82) is 0 Å². The average molecular weight is 391 g/mol. The van der Waals surface area contributed by atoms with Crippen molar-refractivity contribution in [2.24, 2.45) is 0 Å². The first-order valence-corrected chi connectivity index (χ1v) is 10.1. The van der Waals surface area contributed by atoms with Gasteiger partial charge in [-0.2, -0.15) is 9.78 Å². The van der Waals surface area contributed by atoms with E-state index in [4.69, 9.17) is 4.74 Å². The highest BCUT2D eigenvalue weighted by atomic mass is 16.5. The van der Waals surface area contributed by atoms with E-state index in [0.717, 1.165) is 32.2 Å². The van der Waals surface area contributed by atoms with Crippen LogP contribution in [0, 0.1) is 0 Å². The molecule has 0 radical (unpaired) electrons. The van der Waals surface area contributed by atoms with Crippen molar-refractivity contribution in [2.45, 2.75) is 38.6 Å². The molecule has 0 bridgehead atoms. The standard InChI is InChI=1S/C23H25N3O3/c1-3-16-8-6-7-15-25(16)23(28)21-19-9-4-5-10-20(19)22(27)26(24-21)17-11-13-18(29-2)14-12-17/h4-5,9-14,16H,3,6-8,15H2,1-2H3/t16-/m0/s1. The molecule has 0 unspecified atom stereocenters. The molecule has 6 nitrogen and oxygen atoms in total. The number of methoxy groups -OCH3 is 1. The van der Waals surface area contributed by atoms with Crippen LogP contribution in [0.15, 0.2) is 53.3 Å². The van der Waals surface area contributed by atoms with Gasteiger partial charge in [0.25, 0.3) is 11.5 Å². The Hall–Kier alpha value is -3.15. The molecule has 1 atom stereocenters. The van der Waals surface area contributed by atoms with E-state index in [1.165, 1.54) is 4.68 Å². The van der Waals surface area contributed by atoms with Gasteiger partial charge in [0, 0.05) is 18.0 Å². The Morgan fingerprint density at radius 2 is 1.83 bits per heavy atom. The van der Waals surface area contributed by atoms with Gasteiger partial charge in [-0.15, -0.1) is 0 Å². The number of rotatable bonds is 4. The fraction of sp³-hybridized carbons (Fsp3) is 0.348. The van der Waals surface area contributed by atoms with Gasteiger partial charge in [0.1, 0.15) is 5.75 Å². The minimum atomic E-state index is -0.243. The van der Waals surface area contributed by atoms with Crippen molar-refractivity contribution in [3.63, 3.8) is 0 Å². The Morgan fingerprint density at radius 3 is 2.52 bits per heavy atom. The van der Waals surface area contributed by atoms with Crippen molar-refractivity contribution in [2.75, 3.05) is 13.7 Å². The summed E-state index contributed by atoms with van der Waals surface area (Å²) in [7, 11) is 1.59. The smallest absolute Gasteiger partial charge is 0.279 e. The Bertz CT molecular complexity index is 1090. The first kappa shape index (κ1) is 19.2. The minimum absolute atomic E-state index is 0.102. The van der Waals surface area contributed by atoms with Gasteiger partial charge in [-0.1, -0.05) is 25.1 Å². The number of likely N-dealkylation sites (tertiary alicyclic amines) is 1. The third-order valence-electron chi connectivity index (χ3n) is 5.68. The third-order valence-corrected chi connectivity index (χ3v) is 5.68. The largest absolute Gasteiger partial charge is 0.497 e. The van der Waals surface area contributed by atoms with Crippen molar-refractivity contribution >= 4 is 16.7 Å². The van der Waals surface area contributed by atoms with Crippen LogP contribution in [0.5, 0.6) is 5.75 Å². The number of nitrogens with zero attached hydrogens (tertiary/aromatic N) is 3. The van der Waals surface area contributed by atoms with Crippen LogP contribution in [0.25, 0.3) is 16.5 Å². The fourth-order valence-corrected chi connectivity index (χ4v) is 4.07. The lowest BCUT2D eigenvalue weighted by Crippen LogP contribution is -2.44. The lowest BCUT2D eigenvalue weighted by Gasteiger charge is -2.35. The van der Waals surface area contributed by atoms with Gasteiger partial charge >= 0.3 is 0 Å². The van der Waals surface area contributed by atoms with Crippen molar-refractivity contribution < 1.29 is 9.53 Å². The minimum Gasteiger partial charge on any atom is -0.497 e. The second kappa shape index (κ2) is 8.07. The molecule has 0 aliphatic carbocycles. The van der Waals surface area contributed by atoms with E-state index in [0.29, 0.717) is 27.9 Å². The van der Waals surface area contributed by atoms with Crippen molar-refractivity contribution in [1.82, 2.24) is 14.7 Å². The molecule has 1 aliphatic rings. The number of amides is 1. The number of fused-ring (bicyclic) bond motifs is 1. The maximum Gasteiger partial charge on any atom is 0.279 e. The molecule has 1 saturated heterocycles. The second-order valence-corrected chi connectivity index (χ2v) is 7.37. The Kier molecular flexibility index (Phi) is 5.34. The molecule has 150 valence electrons. The molecule has 3 aromatic rings. The lowest BCUT2D eigenvalue weighted by atomic mass is 9.99. The topological polar surface area (TPSA) is 64.4 Å². The molecule has 1 fully saturated rings. The van der Waals surface area contributed by atoms with Crippen LogP contribution in [0.1, 0.15) is 43.1 Å². The predicted molar refractivity (Wildman–Crippen MR) is 113 cm³/mol. The highest BCUT2D eigenvalue weighted by Gasteiger charge is 2.29. The van der Waals surface area contributed by atoms with Gasteiger partial charge in [0.05, 0.1) is 18.2 Å². The number of hydrogen-bond acceptors (Lipinski definition) is 4. The van der Waals surface area contributed by atoms with E-state index in [1.807, 2.05) is 17.0 Å². The molecule has 29 heavy (non-hydrogen) atoms. The molecule has 4 rings (SSSR count). The normalized spacial score (nSPS) is 16.8. The average Bonchev–Trinajstić information content (AvgIpc) is 2.79.